The van der Waals surface area contributed by atoms with Crippen LogP contribution in [-0.4, -0.2) is 66.3 Å². The maximum Gasteiger partial charge on any atom is 0.256 e. The summed E-state index contributed by atoms with van der Waals surface area (Å²) >= 11 is 6.23. The molecule has 4 rings (SSSR count). The summed E-state index contributed by atoms with van der Waals surface area (Å²) in [6.07, 6.45) is 4.47. The normalized spacial score (nSPS) is 17.1. The van der Waals surface area contributed by atoms with Crippen molar-refractivity contribution in [2.75, 3.05) is 36.0 Å². The van der Waals surface area contributed by atoms with Crippen LogP contribution in [0.2, 0.25) is 5.02 Å². The van der Waals surface area contributed by atoms with E-state index in [9.17, 15) is 13.2 Å². The molecule has 1 saturated heterocycles. The van der Waals surface area contributed by atoms with Crippen LogP contribution < -0.4 is 15.4 Å². The molecule has 1 amide bonds. The van der Waals surface area contributed by atoms with Crippen molar-refractivity contribution in [3.63, 3.8) is 0 Å². The van der Waals surface area contributed by atoms with Gasteiger partial charge in [-0.2, -0.15) is 5.10 Å². The summed E-state index contributed by atoms with van der Waals surface area (Å²) in [7, 11) is -1.97. The molecule has 3 aromatic rings. The first-order valence-electron chi connectivity index (χ1n) is 11.4. The van der Waals surface area contributed by atoms with Gasteiger partial charge in [0.05, 0.1) is 34.3 Å². The molecule has 1 aromatic carbocycles. The minimum atomic E-state index is -3.64. The van der Waals surface area contributed by atoms with Gasteiger partial charge in [0.1, 0.15) is 5.82 Å². The standard InChI is InChI=1S/C23H30ClN7O3S/c1-5-19(29(3)23(32)16-7-6-8-17(24)21(16)28-35(4,33)34)18-11-20-26-22(14(2)12-31(20)27-18)30-10-9-15(25)13-30/h6-8,11-12,15,19,28H,5,9-10,13,25H2,1-4H3/t15-,19-/m0/s1. The molecule has 2 aromatic heterocycles. The fraction of sp³-hybridized carbons (Fsp3) is 0.435. The average Bonchev–Trinajstić information content (AvgIpc) is 3.39. The van der Waals surface area contributed by atoms with Crippen LogP contribution in [0.3, 0.4) is 0 Å². The number of nitrogens with one attached hydrogen (secondary N) is 1. The lowest BCUT2D eigenvalue weighted by atomic mass is 10.1. The summed E-state index contributed by atoms with van der Waals surface area (Å²) in [6, 6.07) is 6.35. The van der Waals surface area contributed by atoms with Crippen LogP contribution in [-0.2, 0) is 10.0 Å². The number of fused-ring (bicyclic) bond motifs is 1. The van der Waals surface area contributed by atoms with Gasteiger partial charge in [0.2, 0.25) is 10.0 Å². The maximum absolute atomic E-state index is 13.5. The van der Waals surface area contributed by atoms with Crippen molar-refractivity contribution in [1.82, 2.24) is 19.5 Å². The highest BCUT2D eigenvalue weighted by Gasteiger charge is 2.28. The Morgan fingerprint density at radius 2 is 2.14 bits per heavy atom. The number of hydrogen-bond donors (Lipinski definition) is 2. The summed E-state index contributed by atoms with van der Waals surface area (Å²) in [4.78, 5) is 22.0. The molecule has 0 saturated carbocycles. The van der Waals surface area contributed by atoms with Gasteiger partial charge in [0, 0.05) is 44.0 Å². The summed E-state index contributed by atoms with van der Waals surface area (Å²) < 4.78 is 27.8. The number of anilines is 2. The Hall–Kier alpha value is -2.89. The second-order valence-corrected chi connectivity index (χ2v) is 11.1. The van der Waals surface area contributed by atoms with E-state index in [0.717, 1.165) is 37.1 Å². The van der Waals surface area contributed by atoms with Crippen molar-refractivity contribution in [1.29, 1.82) is 0 Å². The molecular weight excluding hydrogens is 490 g/mol. The fourth-order valence-electron chi connectivity index (χ4n) is 4.49. The smallest absolute Gasteiger partial charge is 0.256 e. The molecular formula is C23H30ClN7O3S. The van der Waals surface area contributed by atoms with Crippen LogP contribution in [0, 0.1) is 6.92 Å². The number of aromatic nitrogens is 3. The van der Waals surface area contributed by atoms with Gasteiger partial charge in [-0.15, -0.1) is 0 Å². The number of hydrogen-bond acceptors (Lipinski definition) is 7. The van der Waals surface area contributed by atoms with E-state index >= 15 is 0 Å². The van der Waals surface area contributed by atoms with E-state index < -0.39 is 10.0 Å². The lowest BCUT2D eigenvalue weighted by Gasteiger charge is -2.27. The van der Waals surface area contributed by atoms with Gasteiger partial charge in [0.25, 0.3) is 5.91 Å². The van der Waals surface area contributed by atoms with E-state index in [1.54, 1.807) is 28.6 Å². The number of nitrogens with zero attached hydrogens (tertiary/aromatic N) is 5. The highest BCUT2D eigenvalue weighted by Crippen LogP contribution is 2.31. The molecule has 12 heteroatoms. The number of halogens is 1. The largest absolute Gasteiger partial charge is 0.355 e. The second kappa shape index (κ2) is 9.63. The molecule has 1 fully saturated rings. The Morgan fingerprint density at radius 3 is 2.77 bits per heavy atom. The van der Waals surface area contributed by atoms with Crippen molar-refractivity contribution < 1.29 is 13.2 Å². The van der Waals surface area contributed by atoms with Gasteiger partial charge < -0.3 is 15.5 Å². The van der Waals surface area contributed by atoms with Crippen molar-refractivity contribution in [2.24, 2.45) is 5.73 Å². The van der Waals surface area contributed by atoms with E-state index in [2.05, 4.69) is 9.62 Å². The lowest BCUT2D eigenvalue weighted by molar-refractivity contribution is 0.0723. The van der Waals surface area contributed by atoms with E-state index in [1.165, 1.54) is 6.07 Å². The van der Waals surface area contributed by atoms with Crippen molar-refractivity contribution >= 4 is 44.7 Å². The van der Waals surface area contributed by atoms with Gasteiger partial charge in [-0.3, -0.25) is 9.52 Å². The Morgan fingerprint density at radius 1 is 1.40 bits per heavy atom. The van der Waals surface area contributed by atoms with Crippen molar-refractivity contribution in [3.05, 3.63) is 52.3 Å². The Bertz CT molecular complexity index is 1370. The summed E-state index contributed by atoms with van der Waals surface area (Å²) in [5.74, 6) is 0.517. The maximum atomic E-state index is 13.5. The molecule has 10 nitrogen and oxygen atoms in total. The van der Waals surface area contributed by atoms with E-state index in [0.29, 0.717) is 17.8 Å². The first-order valence-corrected chi connectivity index (χ1v) is 13.7. The first-order chi connectivity index (χ1) is 16.5. The molecule has 1 aliphatic heterocycles. The molecule has 0 unspecified atom stereocenters. The lowest BCUT2D eigenvalue weighted by Crippen LogP contribution is -2.32. The highest BCUT2D eigenvalue weighted by atomic mass is 35.5. The average molecular weight is 520 g/mol. The molecule has 3 N–H and O–H groups in total. The van der Waals surface area contributed by atoms with Gasteiger partial charge in [0.15, 0.2) is 5.65 Å². The molecule has 2 atom stereocenters. The van der Waals surface area contributed by atoms with Crippen LogP contribution in [0.25, 0.3) is 5.65 Å². The van der Waals surface area contributed by atoms with E-state index in [-0.39, 0.29) is 34.3 Å². The number of rotatable bonds is 7. The number of benzene rings is 1. The van der Waals surface area contributed by atoms with Crippen molar-refractivity contribution in [3.8, 4) is 0 Å². The molecule has 35 heavy (non-hydrogen) atoms. The number of nitrogens with two attached hydrogens (primary N) is 1. The van der Waals surface area contributed by atoms with Crippen LogP contribution in [0.1, 0.15) is 47.4 Å². The van der Waals surface area contributed by atoms with Gasteiger partial charge >= 0.3 is 0 Å². The van der Waals surface area contributed by atoms with Gasteiger partial charge in [-0.05, 0) is 31.9 Å². The minimum Gasteiger partial charge on any atom is -0.355 e. The SMILES string of the molecule is CC[C@@H](c1cc2nc(N3CC[C@H](N)C3)c(C)cn2n1)N(C)C(=O)c1cccc(Cl)c1NS(C)(=O)=O. The number of amides is 1. The molecule has 0 spiro atoms. The van der Waals surface area contributed by atoms with Gasteiger partial charge in [-0.1, -0.05) is 24.6 Å². The van der Waals surface area contributed by atoms with E-state index in [1.807, 2.05) is 26.1 Å². The number of carbonyl (C=O) groups is 1. The Labute approximate surface area is 210 Å². The van der Waals surface area contributed by atoms with Crippen LogP contribution in [0.5, 0.6) is 0 Å². The highest BCUT2D eigenvalue weighted by molar-refractivity contribution is 7.92. The molecule has 0 aliphatic carbocycles. The third-order valence-electron chi connectivity index (χ3n) is 6.20. The van der Waals surface area contributed by atoms with Crippen molar-refractivity contribution in [2.45, 2.75) is 38.8 Å². The summed E-state index contributed by atoms with van der Waals surface area (Å²) in [5, 5.41) is 4.85. The number of sulfonamides is 1. The Kier molecular flexibility index (Phi) is 6.94. The predicted octanol–water partition coefficient (Wildman–Crippen LogP) is 2.82. The zero-order valence-electron chi connectivity index (χ0n) is 20.2. The molecule has 0 bridgehead atoms. The first kappa shape index (κ1) is 25.2. The molecule has 0 radical (unpaired) electrons. The molecule has 3 heterocycles. The third-order valence-corrected chi connectivity index (χ3v) is 7.09. The minimum absolute atomic E-state index is 0.0594. The quantitative estimate of drug-likeness (QED) is 0.491. The molecule has 188 valence electrons. The molecule has 1 aliphatic rings. The van der Waals surface area contributed by atoms with Crippen LogP contribution in [0.15, 0.2) is 30.5 Å². The second-order valence-electron chi connectivity index (χ2n) is 8.99. The zero-order chi connectivity index (χ0) is 25.5. The number of carbonyl (C=O) groups excluding carboxylic acids is 1. The monoisotopic (exact) mass is 519 g/mol. The van der Waals surface area contributed by atoms with Crippen LogP contribution >= 0.6 is 11.6 Å². The van der Waals surface area contributed by atoms with E-state index in [4.69, 9.17) is 27.4 Å². The number of para-hydroxylation sites is 1. The van der Waals surface area contributed by atoms with Gasteiger partial charge in [-0.25, -0.2) is 17.9 Å². The Balaban J connectivity index is 1.66. The fourth-order valence-corrected chi connectivity index (χ4v) is 5.35. The summed E-state index contributed by atoms with van der Waals surface area (Å²) in [6.45, 7) is 5.59. The zero-order valence-corrected chi connectivity index (χ0v) is 21.8. The third kappa shape index (κ3) is 5.21. The van der Waals surface area contributed by atoms with Crippen LogP contribution in [0.4, 0.5) is 11.5 Å². The summed E-state index contributed by atoms with van der Waals surface area (Å²) in [5.41, 5.74) is 8.66. The predicted molar refractivity (Wildman–Crippen MR) is 138 cm³/mol. The number of aryl methyl sites for hydroxylation is 1. The topological polar surface area (TPSA) is 126 Å².